The zero-order chi connectivity index (χ0) is 21.7. The molecule has 0 saturated heterocycles. The van der Waals surface area contributed by atoms with E-state index in [0.717, 1.165) is 22.9 Å². The van der Waals surface area contributed by atoms with E-state index in [4.69, 9.17) is 21.7 Å². The average molecular weight is 426 g/mol. The molecule has 0 bridgehead atoms. The number of anilines is 1. The van der Waals surface area contributed by atoms with Crippen molar-refractivity contribution in [3.05, 3.63) is 52.0 Å². The Balaban J connectivity index is 1.68. The number of rotatable bonds is 7. The molecule has 2 aromatic rings. The number of fused-ring (bicyclic) bond motifs is 1. The molecule has 6 nitrogen and oxygen atoms in total. The molecule has 30 heavy (non-hydrogen) atoms. The van der Waals surface area contributed by atoms with Crippen LogP contribution in [0.3, 0.4) is 0 Å². The van der Waals surface area contributed by atoms with Crippen LogP contribution in [0.4, 0.5) is 5.69 Å². The highest BCUT2D eigenvalue weighted by atomic mass is 32.1. The predicted octanol–water partition coefficient (Wildman–Crippen LogP) is 2.51. The van der Waals surface area contributed by atoms with Gasteiger partial charge in [-0.1, -0.05) is 31.2 Å². The van der Waals surface area contributed by atoms with Gasteiger partial charge in [-0.2, -0.15) is 0 Å². The number of thiocarbonyl (C=S) groups is 1. The van der Waals surface area contributed by atoms with Crippen LogP contribution in [0.15, 0.2) is 35.3 Å². The van der Waals surface area contributed by atoms with Crippen molar-refractivity contribution in [3.63, 3.8) is 0 Å². The van der Waals surface area contributed by atoms with Gasteiger partial charge >= 0.3 is 0 Å². The summed E-state index contributed by atoms with van der Waals surface area (Å²) in [5.74, 6) is 0.687. The summed E-state index contributed by atoms with van der Waals surface area (Å²) in [5, 5.41) is 8.35. The summed E-state index contributed by atoms with van der Waals surface area (Å²) in [4.78, 5) is 16.8. The van der Waals surface area contributed by atoms with Gasteiger partial charge in [0.2, 0.25) is 0 Å². The molecule has 1 atom stereocenters. The third-order valence-electron chi connectivity index (χ3n) is 5.21. The van der Waals surface area contributed by atoms with Crippen LogP contribution >= 0.6 is 12.2 Å². The monoisotopic (exact) mass is 425 g/mol. The standard InChI is InChI=1S/C23H27N3O3S/c1-5-15-8-6-7-14(2)20(15)26-23(30)24-12-11-16-13-17-18(28-3)9-10-19(29-4)21(17)25-22(16)27/h6-10,13,16H,5,11-12H2,1-4H3,(H2,24,26,30). The number of ether oxygens (including phenoxy) is 2. The van der Waals surface area contributed by atoms with Crippen LogP contribution in [0.2, 0.25) is 0 Å². The lowest BCUT2D eigenvalue weighted by Crippen LogP contribution is -2.37. The Morgan fingerprint density at radius 1 is 1.17 bits per heavy atom. The number of hydrogen-bond acceptors (Lipinski definition) is 4. The Morgan fingerprint density at radius 3 is 2.60 bits per heavy atom. The van der Waals surface area contributed by atoms with Crippen molar-refractivity contribution in [3.8, 4) is 11.5 Å². The van der Waals surface area contributed by atoms with Crippen molar-refractivity contribution in [2.24, 2.45) is 10.9 Å². The van der Waals surface area contributed by atoms with Crippen molar-refractivity contribution in [1.29, 1.82) is 0 Å². The van der Waals surface area contributed by atoms with Crippen LogP contribution in [0, 0.1) is 12.8 Å². The maximum atomic E-state index is 12.5. The van der Waals surface area contributed by atoms with Crippen LogP contribution in [-0.4, -0.2) is 31.8 Å². The highest BCUT2D eigenvalue weighted by molar-refractivity contribution is 7.80. The fourth-order valence-corrected chi connectivity index (χ4v) is 3.77. The molecule has 0 fully saturated rings. The summed E-state index contributed by atoms with van der Waals surface area (Å²) in [7, 11) is 3.16. The highest BCUT2D eigenvalue weighted by Gasteiger charge is 2.21. The topological polar surface area (TPSA) is 71.9 Å². The smallest absolute Gasteiger partial charge is 0.253 e. The molecule has 0 aliphatic carbocycles. The number of aryl methyl sites for hydroxylation is 2. The minimum absolute atomic E-state index is 0.193. The van der Waals surface area contributed by atoms with Gasteiger partial charge in [-0.3, -0.25) is 4.79 Å². The van der Waals surface area contributed by atoms with Gasteiger partial charge in [0.15, 0.2) is 5.11 Å². The molecule has 0 saturated carbocycles. The third kappa shape index (κ3) is 4.62. The fraction of sp³-hybridized carbons (Fsp3) is 0.348. The zero-order valence-corrected chi connectivity index (χ0v) is 18.6. The molecule has 1 aliphatic rings. The number of carbonyl (C=O) groups is 1. The Bertz CT molecular complexity index is 1080. The number of carbonyl (C=O) groups excluding carboxylic acids is 1. The van der Waals surface area contributed by atoms with Gasteiger partial charge in [0, 0.05) is 17.5 Å². The van der Waals surface area contributed by atoms with Gasteiger partial charge in [-0.15, -0.1) is 0 Å². The molecule has 3 rings (SSSR count). The quantitative estimate of drug-likeness (QED) is 0.665. The molecular weight excluding hydrogens is 398 g/mol. The van der Waals surface area contributed by atoms with Crippen LogP contribution in [0.25, 0.3) is 6.08 Å². The van der Waals surface area contributed by atoms with E-state index in [0.29, 0.717) is 34.9 Å². The highest BCUT2D eigenvalue weighted by Crippen LogP contribution is 2.21. The maximum Gasteiger partial charge on any atom is 0.253 e. The van der Waals surface area contributed by atoms with E-state index in [9.17, 15) is 4.79 Å². The van der Waals surface area contributed by atoms with Gasteiger partial charge in [-0.05, 0) is 55.2 Å². The Labute approximate surface area is 182 Å². The summed E-state index contributed by atoms with van der Waals surface area (Å²) in [5.41, 5.74) is 3.40. The normalized spacial score (nSPS) is 14.8. The van der Waals surface area contributed by atoms with Gasteiger partial charge in [0.05, 0.1) is 20.1 Å². The largest absolute Gasteiger partial charge is 0.496 e. The molecule has 158 valence electrons. The molecule has 1 aliphatic heterocycles. The van der Waals surface area contributed by atoms with E-state index in [2.05, 4.69) is 41.6 Å². The Hall–Kier alpha value is -2.93. The number of methoxy groups -OCH3 is 2. The van der Waals surface area contributed by atoms with Gasteiger partial charge in [0.1, 0.15) is 16.9 Å². The van der Waals surface area contributed by atoms with E-state index in [1.54, 1.807) is 20.3 Å². The summed E-state index contributed by atoms with van der Waals surface area (Å²) < 4.78 is 10.8. The second-order valence-corrected chi connectivity index (χ2v) is 7.50. The second kappa shape index (κ2) is 9.71. The molecule has 0 radical (unpaired) electrons. The van der Waals surface area contributed by atoms with Crippen LogP contribution < -0.4 is 30.7 Å². The minimum Gasteiger partial charge on any atom is -0.496 e. The van der Waals surface area contributed by atoms with Crippen LogP contribution in [-0.2, 0) is 11.2 Å². The predicted molar refractivity (Wildman–Crippen MR) is 123 cm³/mol. The minimum atomic E-state index is -0.349. The number of amides is 1. The number of para-hydroxylation sites is 1. The first-order valence-corrected chi connectivity index (χ1v) is 10.4. The molecule has 7 heteroatoms. The van der Waals surface area contributed by atoms with Crippen LogP contribution in [0.1, 0.15) is 24.5 Å². The van der Waals surface area contributed by atoms with Crippen molar-refractivity contribution < 1.29 is 14.3 Å². The van der Waals surface area contributed by atoms with Crippen molar-refractivity contribution in [2.75, 3.05) is 26.1 Å². The first kappa shape index (κ1) is 21.8. The van der Waals surface area contributed by atoms with Gasteiger partial charge in [-0.25, -0.2) is 4.99 Å². The molecule has 0 spiro atoms. The van der Waals surface area contributed by atoms with E-state index < -0.39 is 0 Å². The van der Waals surface area contributed by atoms with Gasteiger partial charge in [0.25, 0.3) is 5.91 Å². The fourth-order valence-electron chi connectivity index (χ4n) is 3.56. The van der Waals surface area contributed by atoms with Crippen molar-refractivity contribution >= 4 is 35.0 Å². The van der Waals surface area contributed by atoms with Crippen LogP contribution in [0.5, 0.6) is 11.5 Å². The van der Waals surface area contributed by atoms with Crippen molar-refractivity contribution in [2.45, 2.75) is 26.7 Å². The van der Waals surface area contributed by atoms with E-state index >= 15 is 0 Å². The third-order valence-corrected chi connectivity index (χ3v) is 5.45. The molecule has 1 unspecified atom stereocenters. The number of benzene rings is 2. The zero-order valence-electron chi connectivity index (χ0n) is 17.7. The summed E-state index contributed by atoms with van der Waals surface area (Å²) >= 11 is 5.46. The summed E-state index contributed by atoms with van der Waals surface area (Å²) in [6.45, 7) is 4.72. The molecule has 1 heterocycles. The lowest BCUT2D eigenvalue weighted by Gasteiger charge is -2.18. The summed E-state index contributed by atoms with van der Waals surface area (Å²) in [6, 6.07) is 9.77. The molecular formula is C23H27N3O3S. The molecule has 2 N–H and O–H groups in total. The SMILES string of the molecule is CCc1cccc(C)c1NC(=S)NCCC1C=c2c(OC)ccc(OC)c2=NC1=O. The van der Waals surface area contributed by atoms with Crippen molar-refractivity contribution in [1.82, 2.24) is 5.32 Å². The molecule has 0 aromatic heterocycles. The first-order valence-electron chi connectivity index (χ1n) is 9.97. The van der Waals surface area contributed by atoms with E-state index in [1.807, 2.05) is 18.2 Å². The second-order valence-electron chi connectivity index (χ2n) is 7.09. The number of nitrogens with one attached hydrogen (secondary N) is 2. The maximum absolute atomic E-state index is 12.5. The number of nitrogens with zero attached hydrogens (tertiary/aromatic N) is 1. The lowest BCUT2D eigenvalue weighted by molar-refractivity contribution is -0.120. The lowest BCUT2D eigenvalue weighted by atomic mass is 9.99. The van der Waals surface area contributed by atoms with Gasteiger partial charge < -0.3 is 20.1 Å². The molecule has 1 amide bonds. The average Bonchev–Trinajstić information content (AvgIpc) is 2.74. The molecule has 2 aromatic carbocycles. The Morgan fingerprint density at radius 2 is 1.90 bits per heavy atom. The first-order chi connectivity index (χ1) is 14.5. The Kier molecular flexibility index (Phi) is 7.05. The van der Waals surface area contributed by atoms with E-state index in [1.165, 1.54) is 5.56 Å². The number of hydrogen-bond donors (Lipinski definition) is 2. The van der Waals surface area contributed by atoms with E-state index in [-0.39, 0.29) is 11.8 Å². The summed E-state index contributed by atoms with van der Waals surface area (Å²) in [6.07, 6.45) is 3.39.